The summed E-state index contributed by atoms with van der Waals surface area (Å²) in [5.41, 5.74) is 6.98. The lowest BCUT2D eigenvalue weighted by Gasteiger charge is -2.10. The third kappa shape index (κ3) is 4.85. The Labute approximate surface area is 171 Å². The van der Waals surface area contributed by atoms with Crippen molar-refractivity contribution in [1.82, 2.24) is 20.4 Å². The number of nitrogens with one attached hydrogen (secondary N) is 2. The number of nitrogens with two attached hydrogens (primary N) is 1. The molecule has 0 aliphatic heterocycles. The molecule has 0 fully saturated rings. The van der Waals surface area contributed by atoms with Crippen molar-refractivity contribution in [2.75, 3.05) is 12.3 Å². The molecule has 1 aromatic carbocycles. The fourth-order valence-corrected chi connectivity index (χ4v) is 2.50. The molecule has 0 bridgehead atoms. The molecule has 30 heavy (non-hydrogen) atoms. The number of anilines is 1. The summed E-state index contributed by atoms with van der Waals surface area (Å²) in [6.45, 7) is 2.01. The maximum absolute atomic E-state index is 13.9. The summed E-state index contributed by atoms with van der Waals surface area (Å²) in [7, 11) is 0. The Morgan fingerprint density at radius 3 is 2.83 bits per heavy atom. The molecule has 0 radical (unpaired) electrons. The number of allylic oxidation sites excluding steroid dienone is 1. The monoisotopic (exact) mass is 410 g/mol. The fraction of sp³-hybridized carbons (Fsp3) is 0.150. The molecule has 10 heteroatoms. The van der Waals surface area contributed by atoms with Gasteiger partial charge < -0.3 is 20.3 Å². The maximum atomic E-state index is 13.9. The van der Waals surface area contributed by atoms with Gasteiger partial charge in [-0.25, -0.2) is 19.2 Å². The zero-order valence-corrected chi connectivity index (χ0v) is 16.1. The van der Waals surface area contributed by atoms with E-state index in [1.54, 1.807) is 31.2 Å². The van der Waals surface area contributed by atoms with Crippen molar-refractivity contribution < 1.29 is 18.4 Å². The molecule has 9 nitrogen and oxygen atoms in total. The molecule has 2 heterocycles. The van der Waals surface area contributed by atoms with E-state index in [0.717, 1.165) is 0 Å². The largest absolute Gasteiger partial charge is 0.462 e. The van der Waals surface area contributed by atoms with Gasteiger partial charge >= 0.3 is 5.97 Å². The van der Waals surface area contributed by atoms with Crippen LogP contribution < -0.4 is 11.1 Å². The lowest BCUT2D eigenvalue weighted by molar-refractivity contribution is 0.0526. The van der Waals surface area contributed by atoms with E-state index >= 15 is 0 Å². The average Bonchev–Trinajstić information content (AvgIpc) is 3.26. The van der Waals surface area contributed by atoms with E-state index in [4.69, 9.17) is 20.4 Å². The van der Waals surface area contributed by atoms with E-state index in [1.165, 1.54) is 24.6 Å². The number of nitrogens with zero attached hydrogens (tertiary/aromatic N) is 3. The molecule has 0 aliphatic carbocycles. The maximum Gasteiger partial charge on any atom is 0.343 e. The molecule has 0 amide bonds. The highest BCUT2D eigenvalue weighted by atomic mass is 19.1. The molecule has 0 aliphatic rings. The van der Waals surface area contributed by atoms with E-state index in [0.29, 0.717) is 17.0 Å². The van der Waals surface area contributed by atoms with Crippen LogP contribution in [0.2, 0.25) is 0 Å². The lowest BCUT2D eigenvalue weighted by Crippen LogP contribution is -2.16. The molecule has 0 saturated heterocycles. The highest BCUT2D eigenvalue weighted by Crippen LogP contribution is 2.14. The van der Waals surface area contributed by atoms with Crippen LogP contribution in [0.3, 0.4) is 0 Å². The first-order valence-electron chi connectivity index (χ1n) is 8.98. The van der Waals surface area contributed by atoms with Gasteiger partial charge in [-0.05, 0) is 19.1 Å². The number of halogens is 1. The van der Waals surface area contributed by atoms with Crippen LogP contribution in [0.15, 0.2) is 53.4 Å². The van der Waals surface area contributed by atoms with E-state index in [2.05, 4.69) is 20.4 Å². The predicted octanol–water partition coefficient (Wildman–Crippen LogP) is 2.56. The van der Waals surface area contributed by atoms with Gasteiger partial charge in [-0.2, -0.15) is 0 Å². The fourth-order valence-electron chi connectivity index (χ4n) is 2.50. The number of carbonyl (C=O) groups excluding carboxylic acids is 1. The summed E-state index contributed by atoms with van der Waals surface area (Å²) in [4.78, 5) is 19.8. The third-order valence-corrected chi connectivity index (χ3v) is 3.98. The molecule has 154 valence electrons. The number of hydrogen-bond donors (Lipinski definition) is 3. The second-order valence-electron chi connectivity index (χ2n) is 6.01. The van der Waals surface area contributed by atoms with Crippen molar-refractivity contribution in [3.63, 3.8) is 0 Å². The van der Waals surface area contributed by atoms with Crippen LogP contribution in [-0.4, -0.2) is 33.4 Å². The number of esters is 1. The third-order valence-electron chi connectivity index (χ3n) is 3.98. The van der Waals surface area contributed by atoms with Crippen molar-refractivity contribution in [1.29, 1.82) is 5.41 Å². The first-order chi connectivity index (χ1) is 14.5. The van der Waals surface area contributed by atoms with Crippen molar-refractivity contribution in [2.24, 2.45) is 0 Å². The highest BCUT2D eigenvalue weighted by molar-refractivity contribution is 6.08. The summed E-state index contributed by atoms with van der Waals surface area (Å²) >= 11 is 0. The van der Waals surface area contributed by atoms with Crippen LogP contribution in [0.5, 0.6) is 0 Å². The molecule has 0 atom stereocenters. The zero-order chi connectivity index (χ0) is 21.5. The SMILES string of the molecule is CCOC(=O)c1cnc(C(=N)/C=C(\NCc2ccccc2F)c2ccon2)nc1N. The van der Waals surface area contributed by atoms with Crippen LogP contribution in [-0.2, 0) is 11.3 Å². The zero-order valence-electron chi connectivity index (χ0n) is 16.1. The van der Waals surface area contributed by atoms with Gasteiger partial charge in [0, 0.05) is 24.4 Å². The normalized spacial score (nSPS) is 11.2. The molecule has 0 spiro atoms. The van der Waals surface area contributed by atoms with Gasteiger partial charge in [0.05, 0.1) is 12.3 Å². The van der Waals surface area contributed by atoms with Gasteiger partial charge in [-0.3, -0.25) is 5.41 Å². The Morgan fingerprint density at radius 1 is 1.37 bits per heavy atom. The Balaban J connectivity index is 1.84. The Morgan fingerprint density at radius 2 is 2.17 bits per heavy atom. The number of rotatable bonds is 8. The second-order valence-corrected chi connectivity index (χ2v) is 6.01. The number of ether oxygens (including phenoxy) is 1. The number of nitrogen functional groups attached to an aromatic ring is 1. The van der Waals surface area contributed by atoms with Crippen molar-refractivity contribution in [3.8, 4) is 0 Å². The number of hydrogen-bond acceptors (Lipinski definition) is 9. The van der Waals surface area contributed by atoms with Gasteiger partial charge in [0.2, 0.25) is 0 Å². The number of aromatic nitrogens is 3. The van der Waals surface area contributed by atoms with Crippen LogP contribution in [0, 0.1) is 11.2 Å². The van der Waals surface area contributed by atoms with Crippen molar-refractivity contribution in [2.45, 2.75) is 13.5 Å². The predicted molar refractivity (Wildman–Crippen MR) is 107 cm³/mol. The van der Waals surface area contributed by atoms with Gasteiger partial charge in [0.1, 0.15) is 34.9 Å². The van der Waals surface area contributed by atoms with E-state index in [1.807, 2.05) is 0 Å². The molecule has 4 N–H and O–H groups in total. The smallest absolute Gasteiger partial charge is 0.343 e. The summed E-state index contributed by atoms with van der Waals surface area (Å²) < 4.78 is 23.7. The second kappa shape index (κ2) is 9.41. The minimum absolute atomic E-state index is 0.00534. The molecule has 0 saturated carbocycles. The standard InChI is InChI=1S/C20H19FN6O3/c1-2-29-20(28)13-11-25-19(26-18(13)23)15(22)9-17(16-7-8-30-27-16)24-10-12-5-3-4-6-14(12)21/h3-9,11,22,24H,2,10H2,1H3,(H2,23,25,26)/b17-9-,22-15?. The molecule has 3 rings (SSSR count). The summed E-state index contributed by atoms with van der Waals surface area (Å²) in [6.07, 6.45) is 4.00. The van der Waals surface area contributed by atoms with Crippen molar-refractivity contribution >= 4 is 23.2 Å². The molecular weight excluding hydrogens is 391 g/mol. The van der Waals surface area contributed by atoms with Gasteiger partial charge in [0.25, 0.3) is 0 Å². The number of carbonyl (C=O) groups is 1. The molecule has 2 aromatic heterocycles. The van der Waals surface area contributed by atoms with Crippen molar-refractivity contribution in [3.05, 3.63) is 77.3 Å². The Kier molecular flexibility index (Phi) is 6.48. The number of benzene rings is 1. The first kappa shape index (κ1) is 20.6. The van der Waals surface area contributed by atoms with Crippen LogP contribution in [0.4, 0.5) is 10.2 Å². The first-order valence-corrected chi connectivity index (χ1v) is 8.98. The quantitative estimate of drug-likeness (QED) is 0.380. The van der Waals surface area contributed by atoms with Crippen LogP contribution in [0.25, 0.3) is 5.70 Å². The van der Waals surface area contributed by atoms with E-state index in [-0.39, 0.29) is 41.9 Å². The minimum Gasteiger partial charge on any atom is -0.462 e. The summed E-state index contributed by atoms with van der Waals surface area (Å²) in [5, 5.41) is 15.2. The lowest BCUT2D eigenvalue weighted by atomic mass is 10.2. The van der Waals surface area contributed by atoms with E-state index < -0.39 is 5.97 Å². The van der Waals surface area contributed by atoms with E-state index in [9.17, 15) is 9.18 Å². The summed E-state index contributed by atoms with van der Waals surface area (Å²) in [6, 6.07) is 7.92. The Bertz CT molecular complexity index is 1080. The molecular formula is C20H19FN6O3. The highest BCUT2D eigenvalue weighted by Gasteiger charge is 2.16. The molecule has 0 unspecified atom stereocenters. The van der Waals surface area contributed by atoms with Crippen LogP contribution >= 0.6 is 0 Å². The average molecular weight is 410 g/mol. The van der Waals surface area contributed by atoms with Gasteiger partial charge in [-0.15, -0.1) is 0 Å². The van der Waals surface area contributed by atoms with Gasteiger partial charge in [0.15, 0.2) is 5.82 Å². The van der Waals surface area contributed by atoms with Crippen LogP contribution in [0.1, 0.15) is 34.4 Å². The topological polar surface area (TPSA) is 140 Å². The minimum atomic E-state index is -0.640. The summed E-state index contributed by atoms with van der Waals surface area (Å²) in [5.74, 6) is -1.10. The Hall–Kier alpha value is -4.08. The van der Waals surface area contributed by atoms with Gasteiger partial charge in [-0.1, -0.05) is 23.4 Å². The molecule has 3 aromatic rings.